The molecule has 1 aliphatic rings. The molecule has 114 valence electrons. The summed E-state index contributed by atoms with van der Waals surface area (Å²) in [6.45, 7) is 0. The number of carbonyl (C=O) groups excluding carboxylic acids is 1. The maximum Gasteiger partial charge on any atom is 0.224 e. The van der Waals surface area contributed by atoms with Crippen LogP contribution < -0.4 is 11.1 Å². The van der Waals surface area contributed by atoms with E-state index in [2.05, 4.69) is 10.5 Å². The second-order valence-electron chi connectivity index (χ2n) is 5.11. The Morgan fingerprint density at radius 2 is 2.05 bits per heavy atom. The summed E-state index contributed by atoms with van der Waals surface area (Å²) < 4.78 is 27.0. The fourth-order valence-electron chi connectivity index (χ4n) is 2.68. The molecule has 7 heteroatoms. The molecule has 0 aliphatic heterocycles. The highest BCUT2D eigenvalue weighted by atomic mass is 19.1. The molecule has 1 fully saturated rings. The van der Waals surface area contributed by atoms with Crippen molar-refractivity contribution in [2.24, 2.45) is 16.8 Å². The van der Waals surface area contributed by atoms with Crippen LogP contribution in [0.3, 0.4) is 0 Å². The lowest BCUT2D eigenvalue weighted by Gasteiger charge is -2.20. The molecule has 2 rings (SSSR count). The average Bonchev–Trinajstić information content (AvgIpc) is 2.90. The van der Waals surface area contributed by atoms with Crippen molar-refractivity contribution in [1.82, 2.24) is 5.32 Å². The zero-order valence-corrected chi connectivity index (χ0v) is 11.4. The summed E-state index contributed by atoms with van der Waals surface area (Å²) in [6, 6.07) is 3.20. The van der Waals surface area contributed by atoms with Crippen molar-refractivity contribution in [3.8, 4) is 0 Å². The number of amides is 1. The first-order valence-electron chi connectivity index (χ1n) is 6.72. The Balaban J connectivity index is 2.02. The lowest BCUT2D eigenvalue weighted by molar-refractivity contribution is -0.121. The second kappa shape index (κ2) is 6.51. The third-order valence-electron chi connectivity index (χ3n) is 3.76. The summed E-state index contributed by atoms with van der Waals surface area (Å²) in [7, 11) is 0. The molecule has 1 aliphatic carbocycles. The van der Waals surface area contributed by atoms with Gasteiger partial charge in [-0.1, -0.05) is 17.6 Å². The molecular weight excluding hydrogens is 280 g/mol. The summed E-state index contributed by atoms with van der Waals surface area (Å²) in [6.07, 6.45) is 1.85. The van der Waals surface area contributed by atoms with E-state index in [1.54, 1.807) is 0 Å². The number of carbonyl (C=O) groups is 1. The van der Waals surface area contributed by atoms with Gasteiger partial charge >= 0.3 is 0 Å². The van der Waals surface area contributed by atoms with Gasteiger partial charge in [-0.3, -0.25) is 4.79 Å². The van der Waals surface area contributed by atoms with E-state index in [9.17, 15) is 13.6 Å². The molecule has 1 amide bonds. The predicted molar refractivity (Wildman–Crippen MR) is 72.7 cm³/mol. The van der Waals surface area contributed by atoms with E-state index >= 15 is 0 Å². The van der Waals surface area contributed by atoms with Crippen molar-refractivity contribution >= 4 is 11.7 Å². The SMILES string of the molecule is N/C(=N/O)C1CCCC1NC(=O)Cc1c(F)cccc1F. The zero-order valence-electron chi connectivity index (χ0n) is 11.4. The van der Waals surface area contributed by atoms with Gasteiger partial charge in [-0.25, -0.2) is 8.78 Å². The number of nitrogens with two attached hydrogens (primary N) is 1. The van der Waals surface area contributed by atoms with E-state index in [0.29, 0.717) is 12.8 Å². The molecule has 0 radical (unpaired) electrons. The van der Waals surface area contributed by atoms with Crippen LogP contribution in [0.2, 0.25) is 0 Å². The molecule has 0 aromatic heterocycles. The van der Waals surface area contributed by atoms with E-state index in [1.165, 1.54) is 6.07 Å². The normalized spacial score (nSPS) is 22.3. The topological polar surface area (TPSA) is 87.7 Å². The molecule has 5 nitrogen and oxygen atoms in total. The van der Waals surface area contributed by atoms with Gasteiger partial charge in [-0.15, -0.1) is 0 Å². The van der Waals surface area contributed by atoms with Gasteiger partial charge in [0.25, 0.3) is 0 Å². The maximum atomic E-state index is 13.5. The molecule has 1 aromatic rings. The zero-order chi connectivity index (χ0) is 15.4. The molecule has 1 saturated carbocycles. The first-order chi connectivity index (χ1) is 10.0. The quantitative estimate of drug-likeness (QED) is 0.341. The molecule has 0 heterocycles. The van der Waals surface area contributed by atoms with Crippen LogP contribution in [0.1, 0.15) is 24.8 Å². The van der Waals surface area contributed by atoms with Crippen LogP contribution in [0.25, 0.3) is 0 Å². The minimum Gasteiger partial charge on any atom is -0.409 e. The van der Waals surface area contributed by atoms with Crippen LogP contribution in [0.5, 0.6) is 0 Å². The van der Waals surface area contributed by atoms with Gasteiger partial charge in [0, 0.05) is 17.5 Å². The molecule has 1 aromatic carbocycles. The van der Waals surface area contributed by atoms with Crippen molar-refractivity contribution < 1.29 is 18.8 Å². The summed E-state index contributed by atoms with van der Waals surface area (Å²) >= 11 is 0. The van der Waals surface area contributed by atoms with Crippen molar-refractivity contribution in [1.29, 1.82) is 0 Å². The summed E-state index contributed by atoms with van der Waals surface area (Å²) in [5.41, 5.74) is 5.32. The molecule has 0 bridgehead atoms. The summed E-state index contributed by atoms with van der Waals surface area (Å²) in [5, 5.41) is 14.4. The second-order valence-corrected chi connectivity index (χ2v) is 5.11. The Labute approximate surface area is 120 Å². The molecule has 2 atom stereocenters. The van der Waals surface area contributed by atoms with E-state index < -0.39 is 17.5 Å². The maximum absolute atomic E-state index is 13.5. The lowest BCUT2D eigenvalue weighted by atomic mass is 10.0. The van der Waals surface area contributed by atoms with E-state index in [4.69, 9.17) is 10.9 Å². The van der Waals surface area contributed by atoms with Crippen LogP contribution >= 0.6 is 0 Å². The monoisotopic (exact) mass is 297 g/mol. The minimum atomic E-state index is -0.746. The predicted octanol–water partition coefficient (Wildman–Crippen LogP) is 1.54. The van der Waals surface area contributed by atoms with E-state index in [0.717, 1.165) is 18.6 Å². The van der Waals surface area contributed by atoms with Crippen LogP contribution in [0.4, 0.5) is 8.78 Å². The molecule has 0 spiro atoms. The Bertz CT molecular complexity index is 543. The van der Waals surface area contributed by atoms with Gasteiger partial charge < -0.3 is 16.3 Å². The van der Waals surface area contributed by atoms with Crippen LogP contribution in [-0.4, -0.2) is 23.0 Å². The van der Waals surface area contributed by atoms with Gasteiger partial charge in [0.05, 0.1) is 6.42 Å². The number of hydrogen-bond acceptors (Lipinski definition) is 3. The number of benzene rings is 1. The first-order valence-corrected chi connectivity index (χ1v) is 6.72. The van der Waals surface area contributed by atoms with Crippen LogP contribution in [0, 0.1) is 17.6 Å². The van der Waals surface area contributed by atoms with Crippen molar-refractivity contribution in [2.75, 3.05) is 0 Å². The number of nitrogens with zero attached hydrogens (tertiary/aromatic N) is 1. The first kappa shape index (κ1) is 15.2. The van der Waals surface area contributed by atoms with Gasteiger partial charge in [-0.05, 0) is 25.0 Å². The Morgan fingerprint density at radius 3 is 2.67 bits per heavy atom. The van der Waals surface area contributed by atoms with Crippen LogP contribution in [-0.2, 0) is 11.2 Å². The van der Waals surface area contributed by atoms with Gasteiger partial charge in [0.15, 0.2) is 0 Å². The Hall–Kier alpha value is -2.18. The van der Waals surface area contributed by atoms with Gasteiger partial charge in [-0.2, -0.15) is 0 Å². The van der Waals surface area contributed by atoms with Crippen molar-refractivity contribution in [2.45, 2.75) is 31.7 Å². The number of hydrogen-bond donors (Lipinski definition) is 3. The Morgan fingerprint density at radius 1 is 1.38 bits per heavy atom. The van der Waals surface area contributed by atoms with Crippen molar-refractivity contribution in [3.05, 3.63) is 35.4 Å². The van der Waals surface area contributed by atoms with E-state index in [1.807, 2.05) is 0 Å². The third-order valence-corrected chi connectivity index (χ3v) is 3.76. The van der Waals surface area contributed by atoms with Crippen LogP contribution in [0.15, 0.2) is 23.4 Å². The standard InChI is InChI=1S/C14H17F2N3O2/c15-10-4-2-5-11(16)9(10)7-13(20)18-12-6-1-3-8(12)14(17)19-21/h2,4-5,8,12,21H,1,3,6-7H2,(H2,17,19)(H,18,20). The lowest BCUT2D eigenvalue weighted by Crippen LogP contribution is -2.43. The van der Waals surface area contributed by atoms with Gasteiger partial charge in [0.2, 0.25) is 5.91 Å². The number of nitrogens with one attached hydrogen (secondary N) is 1. The molecule has 0 saturated heterocycles. The highest BCUT2D eigenvalue weighted by Gasteiger charge is 2.31. The average molecular weight is 297 g/mol. The smallest absolute Gasteiger partial charge is 0.224 e. The molecule has 4 N–H and O–H groups in total. The molecule has 21 heavy (non-hydrogen) atoms. The minimum absolute atomic E-state index is 0.0647. The Kier molecular flexibility index (Phi) is 4.72. The van der Waals surface area contributed by atoms with Gasteiger partial charge in [0.1, 0.15) is 17.5 Å². The summed E-state index contributed by atoms with van der Waals surface area (Å²) in [4.78, 5) is 11.9. The largest absolute Gasteiger partial charge is 0.409 e. The van der Waals surface area contributed by atoms with Crippen molar-refractivity contribution in [3.63, 3.8) is 0 Å². The highest BCUT2D eigenvalue weighted by molar-refractivity contribution is 5.85. The number of amidine groups is 1. The summed E-state index contributed by atoms with van der Waals surface area (Å²) in [5.74, 6) is -2.16. The third kappa shape index (κ3) is 3.48. The highest BCUT2D eigenvalue weighted by Crippen LogP contribution is 2.26. The molecular formula is C14H17F2N3O2. The number of oxime groups is 1. The fraction of sp³-hybridized carbons (Fsp3) is 0.429. The fourth-order valence-corrected chi connectivity index (χ4v) is 2.68. The number of rotatable bonds is 4. The number of halogens is 2. The molecule has 2 unspecified atom stereocenters. The van der Waals surface area contributed by atoms with E-state index in [-0.39, 0.29) is 29.8 Å².